The van der Waals surface area contributed by atoms with E-state index in [0.717, 1.165) is 56.3 Å². The second-order valence-corrected chi connectivity index (χ2v) is 52.1. The number of imide groups is 2. The summed E-state index contributed by atoms with van der Waals surface area (Å²) >= 11 is 6.22. The predicted molar refractivity (Wildman–Crippen MR) is 562 cm³/mol. The van der Waals surface area contributed by atoms with Gasteiger partial charge in [0.25, 0.3) is 11.8 Å². The van der Waals surface area contributed by atoms with Crippen LogP contribution in [-0.2, 0) is 55.9 Å². The topological polar surface area (TPSA) is 179 Å². The monoisotopic (exact) mass is 2280 g/mol. The van der Waals surface area contributed by atoms with Crippen LogP contribution in [0.1, 0.15) is 226 Å². The van der Waals surface area contributed by atoms with E-state index in [9.17, 15) is 28.8 Å². The molecular formula is C107H126Br3Cl4N9O8PRu2-. The van der Waals surface area contributed by atoms with Crippen LogP contribution in [0.15, 0.2) is 221 Å². The SMILES string of the molecule is Brc1cccnc1.Brc1cccnc1.Brc1cccnc1.C1CCC([PH+](C2CCCCC2)C2CCCCC2)CC1.C=Cc1ccc(C(=O)ON2C(=O)CCC2=O)cc1.Cc1cc(C)c(N2[CH-]N(c3c(C)cc(C)cc3C)CC2)c(C)c1.Cc1cc(C)c(N2[CH-]N(c3c(C)cc(C)cc3C)CC2)c(C)c1.O=C(ON1C(=O)CCC1=O)c1ccc([CH]=[Ru]([Cl])[Cl])cc1.[Cl][Ru]([Cl])=[CH]c1ccccc1. The second-order valence-electron chi connectivity index (χ2n) is 34.4. The summed E-state index contributed by atoms with van der Waals surface area (Å²) in [6.45, 7) is 38.7. The Kier molecular flexibility index (Phi) is 46.6. The first kappa shape index (κ1) is 110. The van der Waals surface area contributed by atoms with Crippen LogP contribution in [0.5, 0.6) is 0 Å². The Morgan fingerprint density at radius 1 is 0.373 bits per heavy atom. The van der Waals surface area contributed by atoms with Crippen molar-refractivity contribution in [1.82, 2.24) is 25.1 Å². The average molecular weight is 2280 g/mol. The van der Waals surface area contributed by atoms with Gasteiger partial charge >= 0.3 is 207 Å². The van der Waals surface area contributed by atoms with Gasteiger partial charge < -0.3 is 24.4 Å². The zero-order valence-electron chi connectivity index (χ0n) is 78.8. The first-order chi connectivity index (χ1) is 64.2. The Labute approximate surface area is 847 Å². The van der Waals surface area contributed by atoms with E-state index in [4.69, 9.17) is 48.4 Å². The Hall–Kier alpha value is -7.83. The summed E-state index contributed by atoms with van der Waals surface area (Å²) in [7, 11) is 22.8. The molecule has 0 unspecified atom stereocenters. The molecule has 17 rings (SSSR count). The number of anilines is 4. The molecule has 7 aromatic carbocycles. The van der Waals surface area contributed by atoms with Gasteiger partial charge in [0.2, 0.25) is 0 Å². The number of hydrogen-bond donors (Lipinski definition) is 0. The average Bonchev–Trinajstić information content (AvgIpc) is 1.65. The van der Waals surface area contributed by atoms with E-state index in [-0.39, 0.29) is 44.7 Å². The maximum atomic E-state index is 11.8. The van der Waals surface area contributed by atoms with Crippen LogP contribution in [0.3, 0.4) is 0 Å². The van der Waals surface area contributed by atoms with E-state index >= 15 is 0 Å². The second kappa shape index (κ2) is 56.9. The molecule has 0 N–H and O–H groups in total. The summed E-state index contributed by atoms with van der Waals surface area (Å²) in [6.07, 6.45) is 36.2. The van der Waals surface area contributed by atoms with Crippen molar-refractivity contribution >= 4 is 168 Å². The van der Waals surface area contributed by atoms with Crippen molar-refractivity contribution in [1.29, 1.82) is 0 Å². The summed E-state index contributed by atoms with van der Waals surface area (Å²) in [5.74, 6) is -3.48. The summed E-state index contributed by atoms with van der Waals surface area (Å²) in [6, 6.07) is 52.4. The molecule has 4 amide bonds. The van der Waals surface area contributed by atoms with Crippen molar-refractivity contribution < 1.29 is 65.5 Å². The van der Waals surface area contributed by atoms with Crippen LogP contribution in [-0.4, -0.2) is 113 Å². The molecule has 4 saturated heterocycles. The van der Waals surface area contributed by atoms with Gasteiger partial charge in [-0.05, 0) is 307 Å². The number of carbonyl (C=O) groups excluding carboxylic acids is 6. The number of benzene rings is 7. The number of hydroxylamine groups is 4. The molecule has 3 aliphatic carbocycles. The number of rotatable bonds is 14. The molecule has 10 aromatic rings. The van der Waals surface area contributed by atoms with E-state index in [1.807, 2.05) is 71.3 Å². The van der Waals surface area contributed by atoms with E-state index in [2.05, 4.69) is 234 Å². The van der Waals surface area contributed by atoms with E-state index in [0.29, 0.717) is 10.1 Å². The zero-order valence-corrected chi connectivity index (χ0v) is 91.0. The third-order valence-electron chi connectivity index (χ3n) is 23.6. The molecule has 4 aliphatic heterocycles. The molecule has 3 aromatic heterocycles. The third-order valence-corrected chi connectivity index (χ3v) is 33.3. The van der Waals surface area contributed by atoms with Crippen molar-refractivity contribution in [3.8, 4) is 0 Å². The van der Waals surface area contributed by atoms with Crippen molar-refractivity contribution in [3.63, 3.8) is 0 Å². The Balaban J connectivity index is 0.000000174. The molecule has 0 atom stereocenters. The molecular weight excluding hydrogens is 2150 g/mol. The number of nitrogens with zero attached hydrogens (tertiary/aromatic N) is 9. The molecule has 0 radical (unpaired) electrons. The van der Waals surface area contributed by atoms with Crippen LogP contribution >= 0.6 is 94.5 Å². The van der Waals surface area contributed by atoms with Crippen LogP contribution in [0.25, 0.3) is 6.08 Å². The van der Waals surface area contributed by atoms with Crippen LogP contribution in [0.2, 0.25) is 0 Å². The number of aromatic nitrogens is 3. The zero-order chi connectivity index (χ0) is 96.9. The minimum absolute atomic E-state index is 0.0465. The van der Waals surface area contributed by atoms with Crippen LogP contribution in [0, 0.1) is 96.4 Å². The van der Waals surface area contributed by atoms with Crippen molar-refractivity contribution in [3.05, 3.63) is 329 Å². The quantitative estimate of drug-likeness (QED) is 0.0434. The van der Waals surface area contributed by atoms with Crippen molar-refractivity contribution in [2.45, 2.75) is 222 Å². The van der Waals surface area contributed by atoms with E-state index in [1.54, 1.807) is 181 Å². The molecule has 0 bridgehead atoms. The van der Waals surface area contributed by atoms with Crippen LogP contribution < -0.4 is 19.6 Å². The van der Waals surface area contributed by atoms with Gasteiger partial charge in [0, 0.05) is 120 Å². The molecule has 7 aliphatic rings. The predicted octanol–water partition coefficient (Wildman–Crippen LogP) is 28.0. The summed E-state index contributed by atoms with van der Waals surface area (Å²) in [4.78, 5) is 99.4. The molecule has 718 valence electrons. The van der Waals surface area contributed by atoms with E-state index < -0.39 is 62.6 Å². The van der Waals surface area contributed by atoms with Gasteiger partial charge in [-0.25, -0.2) is 4.79 Å². The number of pyridine rings is 3. The first-order valence-electron chi connectivity index (χ1n) is 45.6. The van der Waals surface area contributed by atoms with Gasteiger partial charge in [-0.15, -0.1) is 5.06 Å². The fourth-order valence-electron chi connectivity index (χ4n) is 18.2. The maximum absolute atomic E-state index is 11.8. The Bertz CT molecular complexity index is 5070. The van der Waals surface area contributed by atoms with Gasteiger partial charge in [0.15, 0.2) is 0 Å². The van der Waals surface area contributed by atoms with Gasteiger partial charge in [-0.3, -0.25) is 24.5 Å². The molecule has 0 spiro atoms. The molecule has 7 heterocycles. The van der Waals surface area contributed by atoms with Gasteiger partial charge in [0.05, 0.1) is 22.5 Å². The molecule has 3 saturated carbocycles. The Morgan fingerprint density at radius 3 is 0.851 bits per heavy atom. The number of amides is 4. The fourth-order valence-corrected chi connectivity index (χ4v) is 27.9. The standard InChI is InChI=1S/2C21H27N2.C18H33P.C13H11NO4.C12H9NO4.C7H6.3C5H4BrN.4ClH.2Ru/c2*1-14-9-16(3)20(17(4)10-14)22-7-8-23(13-22)21-18(5)11-15(2)12-19(21)6;1-4-10-16(11-5-1)19(17-12-6-2-7-13-17)18-14-8-3-9-15-18;1-2-9-3-5-10(6-4-9)13(17)18-14-11(15)7-8-12(14)16;1-8-2-4-9(5-3-8)12(16)17-13-10(14)6-7-11(13)15;1-7-5-3-2-4-6-7;3*6-5-2-1-3-7-4-5;;;;;;/h2*9-13H,7-8H2,1-6H3;16-18H,1-15H2;2-6H,1,7-8H2;1-5H,6-7H2;1-6H;3*1-4H;4*1H;;/q2*-1;;;;;;;;;;;;2*+2/p-3. The number of aryl methyl sites for hydroxylation is 12. The number of halogens is 7. The van der Waals surface area contributed by atoms with Gasteiger partial charge in [-0.1, -0.05) is 115 Å². The molecule has 27 heteroatoms. The van der Waals surface area contributed by atoms with Gasteiger partial charge in [0.1, 0.15) is 0 Å². The van der Waals surface area contributed by atoms with E-state index in [1.165, 1.54) is 119 Å². The fraction of sp³-hybridized carbons (Fsp3) is 0.355. The van der Waals surface area contributed by atoms with Crippen molar-refractivity contribution in [2.75, 3.05) is 45.8 Å². The number of hydrogen-bond acceptors (Lipinski definition) is 15. The number of carbonyl (C=O) groups is 6. The molecule has 7 fully saturated rings. The summed E-state index contributed by atoms with van der Waals surface area (Å²) in [5, 5.41) is 1.05. The Morgan fingerprint density at radius 2 is 0.627 bits per heavy atom. The minimum atomic E-state index is -1.91. The normalized spacial score (nSPS) is 15.6. The first-order valence-corrected chi connectivity index (χ1v) is 60.6. The van der Waals surface area contributed by atoms with Crippen molar-refractivity contribution in [2.24, 2.45) is 0 Å². The van der Waals surface area contributed by atoms with Gasteiger partial charge in [-0.2, -0.15) is 13.3 Å². The molecule has 17 nitrogen and oxygen atoms in total. The summed E-state index contributed by atoms with van der Waals surface area (Å²) in [5.41, 5.74) is 28.6. The summed E-state index contributed by atoms with van der Waals surface area (Å²) < 4.78 is 6.73. The third kappa shape index (κ3) is 35.6. The van der Waals surface area contributed by atoms with Crippen LogP contribution in [0.4, 0.5) is 22.7 Å². The molecule has 134 heavy (non-hydrogen) atoms.